The van der Waals surface area contributed by atoms with Crippen LogP contribution in [0.2, 0.25) is 0 Å². The van der Waals surface area contributed by atoms with Crippen LogP contribution < -0.4 is 0 Å². The van der Waals surface area contributed by atoms with Crippen molar-refractivity contribution >= 4 is 0 Å². The van der Waals surface area contributed by atoms with Crippen LogP contribution in [-0.4, -0.2) is 11.4 Å². The third-order valence-corrected chi connectivity index (χ3v) is 4.05. The highest BCUT2D eigenvalue weighted by molar-refractivity contribution is 4.50. The van der Waals surface area contributed by atoms with Crippen LogP contribution in [-0.2, 0) is 5.11 Å². The second-order valence-corrected chi connectivity index (χ2v) is 6.19. The van der Waals surface area contributed by atoms with Crippen molar-refractivity contribution in [2.24, 2.45) is 0 Å². The van der Waals surface area contributed by atoms with Crippen LogP contribution in [0.3, 0.4) is 0 Å². The van der Waals surface area contributed by atoms with Gasteiger partial charge in [0.2, 0.25) is 0 Å². The Labute approximate surface area is 127 Å². The Bertz CT molecular complexity index is 169. The maximum Gasteiger partial charge on any atom is 0.188 e. The van der Waals surface area contributed by atoms with Gasteiger partial charge in [0.1, 0.15) is 0 Å². The van der Waals surface area contributed by atoms with Gasteiger partial charge in [0.15, 0.2) is 6.29 Å². The summed E-state index contributed by atoms with van der Waals surface area (Å²) in [5.74, 6) is 0. The molecular formula is C18H37O2. The summed E-state index contributed by atoms with van der Waals surface area (Å²) >= 11 is 0. The standard InChI is InChI=1S/C18H37O2/c1-2-3-4-5-6-7-8-9-10-11-12-13-14-15-16-17-18(19)20/h18-19H,2-17H2,1H3. The third kappa shape index (κ3) is 17.9. The summed E-state index contributed by atoms with van der Waals surface area (Å²) in [6, 6.07) is 0. The monoisotopic (exact) mass is 285 g/mol. The van der Waals surface area contributed by atoms with Crippen LogP contribution in [0, 0.1) is 0 Å². The van der Waals surface area contributed by atoms with Gasteiger partial charge in [-0.15, -0.1) is 0 Å². The van der Waals surface area contributed by atoms with Gasteiger partial charge in [-0.05, 0) is 6.42 Å². The van der Waals surface area contributed by atoms with Gasteiger partial charge in [-0.25, -0.2) is 5.11 Å². The summed E-state index contributed by atoms with van der Waals surface area (Å²) in [6.07, 6.45) is 19.0. The van der Waals surface area contributed by atoms with E-state index in [9.17, 15) is 5.11 Å². The quantitative estimate of drug-likeness (QED) is 0.274. The molecule has 0 rings (SSSR count). The molecule has 121 valence electrons. The molecular weight excluding hydrogens is 248 g/mol. The van der Waals surface area contributed by atoms with Crippen molar-refractivity contribution in [3.8, 4) is 0 Å². The van der Waals surface area contributed by atoms with E-state index >= 15 is 0 Å². The molecule has 0 aromatic carbocycles. The van der Waals surface area contributed by atoms with Gasteiger partial charge >= 0.3 is 0 Å². The van der Waals surface area contributed by atoms with E-state index in [4.69, 9.17) is 5.11 Å². The minimum Gasteiger partial charge on any atom is -0.366 e. The minimum absolute atomic E-state index is 0.429. The van der Waals surface area contributed by atoms with E-state index in [-0.39, 0.29) is 0 Å². The van der Waals surface area contributed by atoms with Crippen molar-refractivity contribution in [1.82, 2.24) is 0 Å². The maximum absolute atomic E-state index is 10.4. The van der Waals surface area contributed by atoms with Gasteiger partial charge < -0.3 is 5.11 Å². The smallest absolute Gasteiger partial charge is 0.188 e. The fourth-order valence-corrected chi connectivity index (χ4v) is 2.69. The van der Waals surface area contributed by atoms with E-state index in [2.05, 4.69) is 6.92 Å². The normalized spacial score (nSPS) is 11.4. The van der Waals surface area contributed by atoms with Gasteiger partial charge in [0, 0.05) is 6.42 Å². The van der Waals surface area contributed by atoms with Crippen molar-refractivity contribution in [1.29, 1.82) is 0 Å². The molecule has 0 bridgehead atoms. The van der Waals surface area contributed by atoms with E-state index < -0.39 is 6.29 Å². The third-order valence-electron chi connectivity index (χ3n) is 4.05. The molecule has 20 heavy (non-hydrogen) atoms. The molecule has 0 saturated carbocycles. The predicted octanol–water partition coefficient (Wildman–Crippen LogP) is 6.00. The zero-order valence-electron chi connectivity index (χ0n) is 13.7. The fraction of sp³-hybridized carbons (Fsp3) is 1.00. The van der Waals surface area contributed by atoms with Crippen molar-refractivity contribution in [2.45, 2.75) is 116 Å². The van der Waals surface area contributed by atoms with E-state index in [1.165, 1.54) is 83.5 Å². The average molecular weight is 285 g/mol. The Hall–Kier alpha value is -0.0800. The Morgan fingerprint density at radius 1 is 0.600 bits per heavy atom. The summed E-state index contributed by atoms with van der Waals surface area (Å²) in [4.78, 5) is 0. The highest BCUT2D eigenvalue weighted by atomic mass is 16.5. The lowest BCUT2D eigenvalue weighted by Crippen LogP contribution is -2.00. The predicted molar refractivity (Wildman–Crippen MR) is 86.2 cm³/mol. The van der Waals surface area contributed by atoms with Gasteiger partial charge in [0.05, 0.1) is 0 Å². The van der Waals surface area contributed by atoms with Crippen molar-refractivity contribution in [2.75, 3.05) is 0 Å². The molecule has 1 N–H and O–H groups in total. The van der Waals surface area contributed by atoms with Crippen LogP contribution in [0.1, 0.15) is 110 Å². The van der Waals surface area contributed by atoms with Crippen molar-refractivity contribution < 1.29 is 10.2 Å². The highest BCUT2D eigenvalue weighted by Crippen LogP contribution is 2.13. The van der Waals surface area contributed by atoms with Gasteiger partial charge in [-0.3, -0.25) is 0 Å². The molecule has 0 aromatic heterocycles. The van der Waals surface area contributed by atoms with Crippen LogP contribution in [0.4, 0.5) is 0 Å². The Morgan fingerprint density at radius 2 is 0.900 bits per heavy atom. The molecule has 1 atom stereocenters. The summed E-state index contributed by atoms with van der Waals surface area (Å²) in [7, 11) is 0. The lowest BCUT2D eigenvalue weighted by Gasteiger charge is -2.03. The summed E-state index contributed by atoms with van der Waals surface area (Å²) in [5, 5.41) is 19.0. The molecule has 2 heteroatoms. The van der Waals surface area contributed by atoms with E-state index in [1.807, 2.05) is 0 Å². The first kappa shape index (κ1) is 19.9. The Balaban J connectivity index is 2.92. The molecule has 0 spiro atoms. The molecule has 0 heterocycles. The molecule has 1 radical (unpaired) electrons. The van der Waals surface area contributed by atoms with E-state index in [0.29, 0.717) is 6.42 Å². The topological polar surface area (TPSA) is 40.1 Å². The lowest BCUT2D eigenvalue weighted by atomic mass is 10.0. The zero-order valence-corrected chi connectivity index (χ0v) is 13.7. The summed E-state index contributed by atoms with van der Waals surface area (Å²) < 4.78 is 0. The number of rotatable bonds is 16. The first-order chi connectivity index (χ1) is 9.77. The second-order valence-electron chi connectivity index (χ2n) is 6.19. The first-order valence-electron chi connectivity index (χ1n) is 9.11. The SMILES string of the molecule is CCCCCCCCCCCCCCCCCC([O])O. The molecule has 0 aromatic rings. The Morgan fingerprint density at radius 3 is 1.20 bits per heavy atom. The van der Waals surface area contributed by atoms with Crippen LogP contribution >= 0.6 is 0 Å². The molecule has 0 aliphatic carbocycles. The number of aliphatic hydroxyl groups is 1. The molecule has 1 unspecified atom stereocenters. The molecule has 0 aliphatic heterocycles. The number of unbranched alkanes of at least 4 members (excludes halogenated alkanes) is 14. The summed E-state index contributed by atoms with van der Waals surface area (Å²) in [5.41, 5.74) is 0. The molecule has 0 fully saturated rings. The number of aliphatic hydroxyl groups excluding tert-OH is 1. The fourth-order valence-electron chi connectivity index (χ4n) is 2.69. The first-order valence-corrected chi connectivity index (χ1v) is 9.11. The number of hydrogen-bond donors (Lipinski definition) is 1. The number of hydrogen-bond acceptors (Lipinski definition) is 1. The van der Waals surface area contributed by atoms with Crippen LogP contribution in [0.5, 0.6) is 0 Å². The maximum atomic E-state index is 10.4. The average Bonchev–Trinajstić information content (AvgIpc) is 2.43. The zero-order chi connectivity index (χ0) is 14.9. The van der Waals surface area contributed by atoms with E-state index in [1.54, 1.807) is 0 Å². The lowest BCUT2D eigenvalue weighted by molar-refractivity contribution is -0.0968. The second kappa shape index (κ2) is 17.0. The van der Waals surface area contributed by atoms with Gasteiger partial charge in [-0.2, -0.15) is 0 Å². The highest BCUT2D eigenvalue weighted by Gasteiger charge is 1.98. The van der Waals surface area contributed by atoms with Crippen LogP contribution in [0.25, 0.3) is 0 Å². The molecule has 0 amide bonds. The van der Waals surface area contributed by atoms with Crippen LogP contribution in [0.15, 0.2) is 0 Å². The summed E-state index contributed by atoms with van der Waals surface area (Å²) in [6.45, 7) is 2.27. The molecule has 0 saturated heterocycles. The Kier molecular flexibility index (Phi) is 16.9. The van der Waals surface area contributed by atoms with Gasteiger partial charge in [0.25, 0.3) is 0 Å². The largest absolute Gasteiger partial charge is 0.366 e. The molecule has 2 nitrogen and oxygen atoms in total. The molecule has 0 aliphatic rings. The van der Waals surface area contributed by atoms with Crippen molar-refractivity contribution in [3.05, 3.63) is 0 Å². The van der Waals surface area contributed by atoms with Gasteiger partial charge in [-0.1, -0.05) is 96.8 Å². The minimum atomic E-state index is -1.35. The van der Waals surface area contributed by atoms with Crippen molar-refractivity contribution in [3.63, 3.8) is 0 Å². The van der Waals surface area contributed by atoms with E-state index in [0.717, 1.165) is 12.8 Å².